The van der Waals surface area contributed by atoms with Gasteiger partial charge in [0.2, 0.25) is 5.91 Å². The van der Waals surface area contributed by atoms with E-state index in [1.54, 1.807) is 0 Å². The molecular weight excluding hydrogens is 294 g/mol. The van der Waals surface area contributed by atoms with Crippen LogP contribution in [0.5, 0.6) is 0 Å². The molecule has 0 saturated carbocycles. The van der Waals surface area contributed by atoms with E-state index in [0.717, 1.165) is 30.0 Å². The average molecular weight is 314 g/mol. The first-order chi connectivity index (χ1) is 10.7. The summed E-state index contributed by atoms with van der Waals surface area (Å²) in [7, 11) is 0. The van der Waals surface area contributed by atoms with Crippen molar-refractivity contribution < 1.29 is 4.79 Å². The van der Waals surface area contributed by atoms with Crippen LogP contribution < -0.4 is 0 Å². The van der Waals surface area contributed by atoms with Crippen molar-refractivity contribution >= 4 is 17.5 Å². The number of amides is 1. The van der Waals surface area contributed by atoms with E-state index in [4.69, 9.17) is 11.6 Å². The molecule has 2 aromatic carbocycles. The zero-order valence-corrected chi connectivity index (χ0v) is 13.5. The van der Waals surface area contributed by atoms with Crippen molar-refractivity contribution in [3.8, 4) is 0 Å². The van der Waals surface area contributed by atoms with Crippen molar-refractivity contribution in [3.63, 3.8) is 0 Å². The standard InChI is InChI=1S/C19H20ClNO/c1-14(15-7-3-2-4-8-15)21-12-11-17(19(21)22)13-16-9-5-6-10-18(16)20/h2-10,14,17H,11-13H2,1H3/t14-,17?/m1/s1. The summed E-state index contributed by atoms with van der Waals surface area (Å²) in [5, 5.41) is 0.754. The van der Waals surface area contributed by atoms with Crippen molar-refractivity contribution in [1.29, 1.82) is 0 Å². The molecule has 1 aliphatic heterocycles. The lowest BCUT2D eigenvalue weighted by Gasteiger charge is -2.25. The predicted molar refractivity (Wildman–Crippen MR) is 89.8 cm³/mol. The van der Waals surface area contributed by atoms with Gasteiger partial charge in [-0.1, -0.05) is 60.1 Å². The van der Waals surface area contributed by atoms with Gasteiger partial charge in [0.25, 0.3) is 0 Å². The van der Waals surface area contributed by atoms with Crippen molar-refractivity contribution in [2.24, 2.45) is 5.92 Å². The number of rotatable bonds is 4. The zero-order valence-electron chi connectivity index (χ0n) is 12.7. The van der Waals surface area contributed by atoms with Gasteiger partial charge in [-0.3, -0.25) is 4.79 Å². The van der Waals surface area contributed by atoms with Crippen LogP contribution in [0.4, 0.5) is 0 Å². The highest BCUT2D eigenvalue weighted by molar-refractivity contribution is 6.31. The lowest BCUT2D eigenvalue weighted by molar-refractivity contribution is -0.132. The molecule has 0 aromatic heterocycles. The number of halogens is 1. The summed E-state index contributed by atoms with van der Waals surface area (Å²) in [6, 6.07) is 18.1. The minimum absolute atomic E-state index is 0.0473. The Morgan fingerprint density at radius 1 is 1.14 bits per heavy atom. The molecule has 1 unspecified atom stereocenters. The van der Waals surface area contributed by atoms with E-state index in [2.05, 4.69) is 19.1 Å². The van der Waals surface area contributed by atoms with Gasteiger partial charge < -0.3 is 4.90 Å². The number of nitrogens with zero attached hydrogens (tertiary/aromatic N) is 1. The van der Waals surface area contributed by atoms with Crippen LogP contribution in [-0.4, -0.2) is 17.4 Å². The molecule has 1 aliphatic rings. The van der Waals surface area contributed by atoms with Crippen molar-refractivity contribution in [3.05, 3.63) is 70.7 Å². The van der Waals surface area contributed by atoms with Crippen LogP contribution in [0.2, 0.25) is 5.02 Å². The third-order valence-electron chi connectivity index (χ3n) is 4.52. The maximum absolute atomic E-state index is 12.7. The minimum Gasteiger partial charge on any atom is -0.336 e. The second kappa shape index (κ2) is 6.53. The third-order valence-corrected chi connectivity index (χ3v) is 4.89. The van der Waals surface area contributed by atoms with Crippen LogP contribution in [0.1, 0.15) is 30.5 Å². The Morgan fingerprint density at radius 3 is 2.55 bits per heavy atom. The maximum Gasteiger partial charge on any atom is 0.226 e. The highest BCUT2D eigenvalue weighted by Crippen LogP contribution is 2.31. The summed E-state index contributed by atoms with van der Waals surface area (Å²) in [5.41, 5.74) is 2.26. The van der Waals surface area contributed by atoms with Crippen LogP contribution in [0.3, 0.4) is 0 Å². The van der Waals surface area contributed by atoms with Gasteiger partial charge in [-0.25, -0.2) is 0 Å². The summed E-state index contributed by atoms with van der Waals surface area (Å²) in [5.74, 6) is 0.294. The first-order valence-electron chi connectivity index (χ1n) is 7.75. The molecule has 0 radical (unpaired) electrons. The second-order valence-electron chi connectivity index (χ2n) is 5.90. The molecule has 2 atom stereocenters. The molecule has 0 spiro atoms. The van der Waals surface area contributed by atoms with Crippen molar-refractivity contribution in [2.75, 3.05) is 6.54 Å². The Hall–Kier alpha value is -1.80. The Labute approximate surface area is 136 Å². The average Bonchev–Trinajstić information content (AvgIpc) is 2.91. The topological polar surface area (TPSA) is 20.3 Å². The summed E-state index contributed by atoms with van der Waals surface area (Å²) in [6.45, 7) is 2.93. The van der Waals surface area contributed by atoms with Crippen LogP contribution in [-0.2, 0) is 11.2 Å². The fourth-order valence-corrected chi connectivity index (χ4v) is 3.39. The molecule has 22 heavy (non-hydrogen) atoms. The molecule has 0 aliphatic carbocycles. The van der Waals surface area contributed by atoms with Crippen molar-refractivity contribution in [2.45, 2.75) is 25.8 Å². The van der Waals surface area contributed by atoms with E-state index < -0.39 is 0 Å². The first-order valence-corrected chi connectivity index (χ1v) is 8.13. The monoisotopic (exact) mass is 313 g/mol. The van der Waals surface area contributed by atoms with Gasteiger partial charge in [-0.15, -0.1) is 0 Å². The molecule has 1 fully saturated rings. The summed E-state index contributed by atoms with van der Waals surface area (Å²) >= 11 is 6.22. The Kier molecular flexibility index (Phi) is 4.49. The quantitative estimate of drug-likeness (QED) is 0.814. The van der Waals surface area contributed by atoms with Crippen LogP contribution >= 0.6 is 11.6 Å². The Balaban J connectivity index is 1.71. The molecule has 1 saturated heterocycles. The Bertz CT molecular complexity index is 655. The normalized spacial score (nSPS) is 19.5. The van der Waals surface area contributed by atoms with Crippen LogP contribution in [0, 0.1) is 5.92 Å². The molecule has 114 valence electrons. The van der Waals surface area contributed by atoms with Crippen LogP contribution in [0.25, 0.3) is 0 Å². The fourth-order valence-electron chi connectivity index (χ4n) is 3.18. The smallest absolute Gasteiger partial charge is 0.226 e. The van der Waals surface area contributed by atoms with E-state index in [9.17, 15) is 4.79 Å². The van der Waals surface area contributed by atoms with Gasteiger partial charge in [-0.05, 0) is 37.0 Å². The van der Waals surface area contributed by atoms with Gasteiger partial charge in [0.05, 0.1) is 6.04 Å². The van der Waals surface area contributed by atoms with E-state index in [1.165, 1.54) is 5.56 Å². The number of carbonyl (C=O) groups is 1. The number of benzene rings is 2. The van der Waals surface area contributed by atoms with Crippen molar-refractivity contribution in [1.82, 2.24) is 4.90 Å². The lowest BCUT2D eigenvalue weighted by Crippen LogP contribution is -2.30. The summed E-state index contributed by atoms with van der Waals surface area (Å²) < 4.78 is 0. The molecule has 2 aromatic rings. The minimum atomic E-state index is 0.0473. The van der Waals surface area contributed by atoms with Gasteiger partial charge in [0, 0.05) is 17.5 Å². The predicted octanol–water partition coefficient (Wildman–Crippen LogP) is 4.49. The highest BCUT2D eigenvalue weighted by atomic mass is 35.5. The van der Waals surface area contributed by atoms with E-state index in [-0.39, 0.29) is 17.9 Å². The molecular formula is C19H20ClNO. The lowest BCUT2D eigenvalue weighted by atomic mass is 9.98. The fraction of sp³-hybridized carbons (Fsp3) is 0.316. The van der Waals surface area contributed by atoms with Gasteiger partial charge >= 0.3 is 0 Å². The molecule has 0 N–H and O–H groups in total. The van der Waals surface area contributed by atoms with E-state index >= 15 is 0 Å². The number of hydrogen-bond acceptors (Lipinski definition) is 1. The Morgan fingerprint density at radius 2 is 1.82 bits per heavy atom. The SMILES string of the molecule is C[C@H](c1ccccc1)N1CCC(Cc2ccccc2Cl)C1=O. The zero-order chi connectivity index (χ0) is 15.5. The highest BCUT2D eigenvalue weighted by Gasteiger charge is 2.34. The molecule has 2 nitrogen and oxygen atoms in total. The van der Waals surface area contributed by atoms with Gasteiger partial charge in [0.1, 0.15) is 0 Å². The number of hydrogen-bond donors (Lipinski definition) is 0. The first kappa shape index (κ1) is 15.1. The van der Waals surface area contributed by atoms with Gasteiger partial charge in [-0.2, -0.15) is 0 Å². The maximum atomic E-state index is 12.7. The number of likely N-dealkylation sites (tertiary alicyclic amines) is 1. The molecule has 3 rings (SSSR count). The van der Waals surface area contributed by atoms with Crippen LogP contribution in [0.15, 0.2) is 54.6 Å². The molecule has 3 heteroatoms. The van der Waals surface area contributed by atoms with E-state index in [0.29, 0.717) is 0 Å². The van der Waals surface area contributed by atoms with E-state index in [1.807, 2.05) is 47.4 Å². The largest absolute Gasteiger partial charge is 0.336 e. The summed E-state index contributed by atoms with van der Waals surface area (Å²) in [4.78, 5) is 14.7. The third kappa shape index (κ3) is 3.02. The molecule has 1 amide bonds. The number of carbonyl (C=O) groups excluding carboxylic acids is 1. The second-order valence-corrected chi connectivity index (χ2v) is 6.31. The van der Waals surface area contributed by atoms with Gasteiger partial charge in [0.15, 0.2) is 0 Å². The summed E-state index contributed by atoms with van der Waals surface area (Å²) in [6.07, 6.45) is 1.64. The molecule has 0 bridgehead atoms. The molecule has 1 heterocycles.